The molecule has 2 aromatic carbocycles. The highest BCUT2D eigenvalue weighted by atomic mass is 79.9. The number of rotatable bonds is 6. The molecule has 0 heterocycles. The van der Waals surface area contributed by atoms with E-state index < -0.39 is 0 Å². The van der Waals surface area contributed by atoms with Gasteiger partial charge < -0.3 is 10.1 Å². The van der Waals surface area contributed by atoms with Gasteiger partial charge in [-0.2, -0.15) is 0 Å². The van der Waals surface area contributed by atoms with Crippen molar-refractivity contribution in [3.05, 3.63) is 63.9 Å². The Balaban J connectivity index is 2.14. The minimum Gasteiger partial charge on any atom is -0.489 e. The number of hydrogen-bond donors (Lipinski definition) is 1. The van der Waals surface area contributed by atoms with Crippen LogP contribution < -0.4 is 10.1 Å². The average Bonchev–Trinajstić information content (AvgIpc) is 2.51. The molecule has 0 aromatic heterocycles. The number of benzene rings is 2. The van der Waals surface area contributed by atoms with Crippen molar-refractivity contribution < 1.29 is 9.13 Å². The van der Waals surface area contributed by atoms with E-state index in [9.17, 15) is 4.39 Å². The molecule has 0 radical (unpaired) electrons. The maximum Gasteiger partial charge on any atom is 0.137 e. The van der Waals surface area contributed by atoms with Gasteiger partial charge in [-0.25, -0.2) is 4.39 Å². The highest BCUT2D eigenvalue weighted by Gasteiger charge is 2.12. The van der Waals surface area contributed by atoms with E-state index in [1.165, 1.54) is 6.07 Å². The van der Waals surface area contributed by atoms with Gasteiger partial charge in [0.25, 0.3) is 0 Å². The summed E-state index contributed by atoms with van der Waals surface area (Å²) >= 11 is 3.19. The fourth-order valence-corrected chi connectivity index (χ4v) is 2.70. The van der Waals surface area contributed by atoms with Crippen molar-refractivity contribution >= 4 is 15.9 Å². The van der Waals surface area contributed by atoms with E-state index >= 15 is 0 Å². The molecule has 0 aliphatic carbocycles. The van der Waals surface area contributed by atoms with Crippen molar-refractivity contribution in [2.75, 3.05) is 7.05 Å². The Labute approximate surface area is 133 Å². The lowest BCUT2D eigenvalue weighted by Gasteiger charge is -2.18. The molecule has 0 spiro atoms. The standard InChI is InChI=1S/C17H19BrFNO/c1-3-16(20-2)13-6-4-5-7-17(13)21-11-12-8-9-15(19)14(18)10-12/h4-10,16,20H,3,11H2,1-2H3. The van der Waals surface area contributed by atoms with Crippen molar-refractivity contribution in [1.29, 1.82) is 0 Å². The number of ether oxygens (including phenoxy) is 1. The lowest BCUT2D eigenvalue weighted by Crippen LogP contribution is -2.16. The van der Waals surface area contributed by atoms with Gasteiger partial charge in [0, 0.05) is 11.6 Å². The molecule has 1 atom stereocenters. The third-order valence-electron chi connectivity index (χ3n) is 3.43. The quantitative estimate of drug-likeness (QED) is 0.803. The zero-order valence-electron chi connectivity index (χ0n) is 12.2. The maximum atomic E-state index is 13.2. The third-order valence-corrected chi connectivity index (χ3v) is 4.04. The SMILES string of the molecule is CCC(NC)c1ccccc1OCc1ccc(F)c(Br)c1. The van der Waals surface area contributed by atoms with Gasteiger partial charge >= 0.3 is 0 Å². The smallest absolute Gasteiger partial charge is 0.137 e. The Bertz CT molecular complexity index is 599. The summed E-state index contributed by atoms with van der Waals surface area (Å²) in [7, 11) is 1.95. The van der Waals surface area contributed by atoms with Crippen LogP contribution in [0.15, 0.2) is 46.9 Å². The first-order chi connectivity index (χ1) is 10.2. The first-order valence-corrected chi connectivity index (χ1v) is 7.78. The van der Waals surface area contributed by atoms with Crippen molar-refractivity contribution in [1.82, 2.24) is 5.32 Å². The van der Waals surface area contributed by atoms with Crippen molar-refractivity contribution in [3.63, 3.8) is 0 Å². The first-order valence-electron chi connectivity index (χ1n) is 6.98. The Morgan fingerprint density at radius 2 is 2.00 bits per heavy atom. The van der Waals surface area contributed by atoms with E-state index in [2.05, 4.69) is 34.2 Å². The summed E-state index contributed by atoms with van der Waals surface area (Å²) in [5.74, 6) is 0.597. The van der Waals surface area contributed by atoms with Crippen molar-refractivity contribution in [2.24, 2.45) is 0 Å². The van der Waals surface area contributed by atoms with E-state index in [0.717, 1.165) is 23.3 Å². The molecule has 0 saturated carbocycles. The molecule has 0 saturated heterocycles. The fourth-order valence-electron chi connectivity index (χ4n) is 2.27. The summed E-state index contributed by atoms with van der Waals surface area (Å²) in [6.45, 7) is 2.55. The molecule has 0 amide bonds. The number of nitrogens with one attached hydrogen (secondary N) is 1. The minimum absolute atomic E-state index is 0.264. The van der Waals surface area contributed by atoms with E-state index in [0.29, 0.717) is 11.1 Å². The predicted molar refractivity (Wildman–Crippen MR) is 87.0 cm³/mol. The molecular weight excluding hydrogens is 333 g/mol. The molecule has 1 N–H and O–H groups in total. The predicted octanol–water partition coefficient (Wildman–Crippen LogP) is 4.84. The van der Waals surface area contributed by atoms with Crippen LogP contribution in [0.2, 0.25) is 0 Å². The molecule has 2 rings (SSSR count). The van der Waals surface area contributed by atoms with Crippen molar-refractivity contribution in [2.45, 2.75) is 26.0 Å². The topological polar surface area (TPSA) is 21.3 Å². The van der Waals surface area contributed by atoms with Gasteiger partial charge in [0.15, 0.2) is 0 Å². The molecule has 112 valence electrons. The molecule has 0 aliphatic rings. The molecule has 21 heavy (non-hydrogen) atoms. The van der Waals surface area contributed by atoms with Crippen LogP contribution in [0.25, 0.3) is 0 Å². The zero-order chi connectivity index (χ0) is 15.2. The molecule has 0 fully saturated rings. The van der Waals surface area contributed by atoms with Gasteiger partial charge in [0.1, 0.15) is 18.2 Å². The molecular formula is C17H19BrFNO. The van der Waals surface area contributed by atoms with Crippen LogP contribution in [0.1, 0.15) is 30.5 Å². The number of halogens is 2. The van der Waals surface area contributed by atoms with E-state index in [-0.39, 0.29) is 11.9 Å². The highest BCUT2D eigenvalue weighted by Crippen LogP contribution is 2.28. The number of para-hydroxylation sites is 1. The van der Waals surface area contributed by atoms with Gasteiger partial charge in [0.05, 0.1) is 4.47 Å². The number of hydrogen-bond acceptors (Lipinski definition) is 2. The van der Waals surface area contributed by atoms with Crippen LogP contribution >= 0.6 is 15.9 Å². The van der Waals surface area contributed by atoms with Crippen LogP contribution in [0.3, 0.4) is 0 Å². The normalized spacial score (nSPS) is 12.2. The largest absolute Gasteiger partial charge is 0.489 e. The second-order valence-electron chi connectivity index (χ2n) is 4.82. The zero-order valence-corrected chi connectivity index (χ0v) is 13.8. The van der Waals surface area contributed by atoms with E-state index in [1.54, 1.807) is 12.1 Å². The third kappa shape index (κ3) is 4.05. The maximum absolute atomic E-state index is 13.2. The van der Waals surface area contributed by atoms with Crippen LogP contribution in [0.5, 0.6) is 5.75 Å². The molecule has 0 aliphatic heterocycles. The van der Waals surface area contributed by atoms with Crippen LogP contribution in [0, 0.1) is 5.82 Å². The summed E-state index contributed by atoms with van der Waals surface area (Å²) in [5.41, 5.74) is 2.07. The average molecular weight is 352 g/mol. The Hall–Kier alpha value is -1.39. The Kier molecular flexibility index (Phi) is 5.76. The van der Waals surface area contributed by atoms with Crippen molar-refractivity contribution in [3.8, 4) is 5.75 Å². The lowest BCUT2D eigenvalue weighted by atomic mass is 10.0. The summed E-state index contributed by atoms with van der Waals surface area (Å²) < 4.78 is 19.6. The van der Waals surface area contributed by atoms with Gasteiger partial charge in [-0.3, -0.25) is 0 Å². The van der Waals surface area contributed by atoms with Gasteiger partial charge in [-0.05, 0) is 53.2 Å². The first kappa shape index (κ1) is 16.0. The van der Waals surface area contributed by atoms with Gasteiger partial charge in [-0.15, -0.1) is 0 Å². The molecule has 0 bridgehead atoms. The van der Waals surface area contributed by atoms with Crippen LogP contribution in [0.4, 0.5) is 4.39 Å². The van der Waals surface area contributed by atoms with Gasteiger partial charge in [-0.1, -0.05) is 31.2 Å². The van der Waals surface area contributed by atoms with E-state index in [4.69, 9.17) is 4.74 Å². The summed E-state index contributed by atoms with van der Waals surface area (Å²) in [6.07, 6.45) is 0.985. The highest BCUT2D eigenvalue weighted by molar-refractivity contribution is 9.10. The molecule has 2 aromatic rings. The fraction of sp³-hybridized carbons (Fsp3) is 0.294. The lowest BCUT2D eigenvalue weighted by molar-refractivity contribution is 0.299. The summed E-state index contributed by atoms with van der Waals surface area (Å²) in [6, 6.07) is 13.2. The molecule has 4 heteroatoms. The summed E-state index contributed by atoms with van der Waals surface area (Å²) in [5, 5.41) is 3.29. The monoisotopic (exact) mass is 351 g/mol. The Morgan fingerprint density at radius 3 is 2.67 bits per heavy atom. The van der Waals surface area contributed by atoms with Crippen LogP contribution in [-0.4, -0.2) is 7.05 Å². The van der Waals surface area contributed by atoms with Crippen LogP contribution in [-0.2, 0) is 6.61 Å². The second kappa shape index (κ2) is 7.57. The molecule has 1 unspecified atom stereocenters. The Morgan fingerprint density at radius 1 is 1.24 bits per heavy atom. The van der Waals surface area contributed by atoms with E-state index in [1.807, 2.05) is 25.2 Å². The van der Waals surface area contributed by atoms with Gasteiger partial charge in [0.2, 0.25) is 0 Å². The summed E-state index contributed by atoms with van der Waals surface area (Å²) in [4.78, 5) is 0. The molecule has 2 nitrogen and oxygen atoms in total. The minimum atomic E-state index is -0.264. The second-order valence-corrected chi connectivity index (χ2v) is 5.68.